The molecule has 2 aromatic rings. The van der Waals surface area contributed by atoms with Gasteiger partial charge in [-0.2, -0.15) is 0 Å². The quantitative estimate of drug-likeness (QED) is 0.768. The fraction of sp³-hybridized carbons (Fsp3) is 0.462. The van der Waals surface area contributed by atoms with Crippen molar-refractivity contribution in [3.8, 4) is 0 Å². The van der Waals surface area contributed by atoms with Gasteiger partial charge in [0.15, 0.2) is 0 Å². The number of hydrogen-bond donors (Lipinski definition) is 2. The van der Waals surface area contributed by atoms with E-state index in [1.54, 1.807) is 0 Å². The summed E-state index contributed by atoms with van der Waals surface area (Å²) < 4.78 is 0. The van der Waals surface area contributed by atoms with Crippen molar-refractivity contribution in [2.45, 2.75) is 31.7 Å². The third-order valence-electron chi connectivity index (χ3n) is 3.30. The van der Waals surface area contributed by atoms with Crippen LogP contribution in [-0.2, 0) is 0 Å². The monoisotopic (exact) mass is 215 g/mol. The number of hydrogen-bond acceptors (Lipinski definition) is 2. The first kappa shape index (κ1) is 9.85. The molecule has 1 saturated heterocycles. The Morgan fingerprint density at radius 3 is 3.00 bits per heavy atom. The standard InChI is InChI=1S/C13H17N3/c1-2-8-12(14-9-5-1)13-15-10-6-3-4-7-11(10)16-13/h3-4,6-7,12,14H,1-2,5,8-9H2,(H,15,16). The van der Waals surface area contributed by atoms with E-state index < -0.39 is 0 Å². The summed E-state index contributed by atoms with van der Waals surface area (Å²) in [5.74, 6) is 1.10. The van der Waals surface area contributed by atoms with E-state index in [0.717, 1.165) is 23.4 Å². The molecular formula is C13H17N3. The summed E-state index contributed by atoms with van der Waals surface area (Å²) in [4.78, 5) is 8.08. The second-order valence-electron chi connectivity index (χ2n) is 4.50. The molecule has 0 amide bonds. The molecule has 3 heteroatoms. The molecule has 3 nitrogen and oxygen atoms in total. The summed E-state index contributed by atoms with van der Waals surface area (Å²) in [5, 5.41) is 3.57. The number of nitrogens with zero attached hydrogens (tertiary/aromatic N) is 1. The Bertz CT molecular complexity index is 434. The molecule has 1 atom stereocenters. The van der Waals surface area contributed by atoms with E-state index in [4.69, 9.17) is 0 Å². The molecule has 1 aromatic heterocycles. The maximum Gasteiger partial charge on any atom is 0.124 e. The smallest absolute Gasteiger partial charge is 0.124 e. The van der Waals surface area contributed by atoms with Gasteiger partial charge in [-0.3, -0.25) is 0 Å². The van der Waals surface area contributed by atoms with Crippen molar-refractivity contribution in [2.75, 3.05) is 6.54 Å². The number of H-pyrrole nitrogens is 1. The third kappa shape index (κ3) is 1.83. The van der Waals surface area contributed by atoms with E-state index in [1.807, 2.05) is 12.1 Å². The summed E-state index contributed by atoms with van der Waals surface area (Å²) in [7, 11) is 0. The highest BCUT2D eigenvalue weighted by atomic mass is 15.0. The highest BCUT2D eigenvalue weighted by Gasteiger charge is 2.16. The Balaban J connectivity index is 1.92. The molecule has 0 radical (unpaired) electrons. The van der Waals surface area contributed by atoms with E-state index in [-0.39, 0.29) is 0 Å². The average molecular weight is 215 g/mol. The SMILES string of the molecule is c1ccc2[nH]c(C3CCCCCN3)nc2c1. The molecule has 84 valence electrons. The van der Waals surface area contributed by atoms with Gasteiger partial charge >= 0.3 is 0 Å². The van der Waals surface area contributed by atoms with Crippen molar-refractivity contribution in [3.05, 3.63) is 30.1 Å². The van der Waals surface area contributed by atoms with Crippen molar-refractivity contribution in [2.24, 2.45) is 0 Å². The van der Waals surface area contributed by atoms with Crippen LogP contribution >= 0.6 is 0 Å². The Morgan fingerprint density at radius 1 is 1.12 bits per heavy atom. The molecule has 1 fully saturated rings. The molecule has 2 N–H and O–H groups in total. The van der Waals surface area contributed by atoms with Crippen LogP contribution in [0.5, 0.6) is 0 Å². The topological polar surface area (TPSA) is 40.7 Å². The van der Waals surface area contributed by atoms with Gasteiger partial charge in [-0.15, -0.1) is 0 Å². The number of benzene rings is 1. The number of rotatable bonds is 1. The minimum Gasteiger partial charge on any atom is -0.341 e. The van der Waals surface area contributed by atoms with E-state index in [9.17, 15) is 0 Å². The number of nitrogens with one attached hydrogen (secondary N) is 2. The normalized spacial score (nSPS) is 22.1. The lowest BCUT2D eigenvalue weighted by Crippen LogP contribution is -2.21. The van der Waals surface area contributed by atoms with Crippen molar-refractivity contribution < 1.29 is 0 Å². The lowest BCUT2D eigenvalue weighted by atomic mass is 10.1. The van der Waals surface area contributed by atoms with Crippen LogP contribution in [0.15, 0.2) is 24.3 Å². The van der Waals surface area contributed by atoms with E-state index in [1.165, 1.54) is 25.7 Å². The van der Waals surface area contributed by atoms with E-state index in [0.29, 0.717) is 6.04 Å². The van der Waals surface area contributed by atoms with Crippen LogP contribution in [0.3, 0.4) is 0 Å². The van der Waals surface area contributed by atoms with Gasteiger partial charge in [-0.1, -0.05) is 25.0 Å². The highest BCUT2D eigenvalue weighted by Crippen LogP contribution is 2.22. The van der Waals surface area contributed by atoms with E-state index in [2.05, 4.69) is 27.4 Å². The summed E-state index contributed by atoms with van der Waals surface area (Å²) >= 11 is 0. The molecule has 1 unspecified atom stereocenters. The first-order valence-corrected chi connectivity index (χ1v) is 6.11. The van der Waals surface area contributed by atoms with Gasteiger partial charge in [0, 0.05) is 0 Å². The molecule has 16 heavy (non-hydrogen) atoms. The third-order valence-corrected chi connectivity index (χ3v) is 3.30. The number of para-hydroxylation sites is 2. The fourth-order valence-corrected chi connectivity index (χ4v) is 2.40. The Kier molecular flexibility index (Phi) is 2.62. The van der Waals surface area contributed by atoms with Gasteiger partial charge in [-0.05, 0) is 31.5 Å². The van der Waals surface area contributed by atoms with Crippen LogP contribution in [0.1, 0.15) is 37.5 Å². The summed E-state index contributed by atoms with van der Waals surface area (Å²) in [5.41, 5.74) is 2.21. The van der Waals surface area contributed by atoms with Crippen LogP contribution in [0.2, 0.25) is 0 Å². The van der Waals surface area contributed by atoms with Gasteiger partial charge in [-0.25, -0.2) is 4.98 Å². The Morgan fingerprint density at radius 2 is 2.06 bits per heavy atom. The first-order chi connectivity index (χ1) is 7.93. The summed E-state index contributed by atoms with van der Waals surface area (Å²) in [6.45, 7) is 1.11. The summed E-state index contributed by atoms with van der Waals surface area (Å²) in [6, 6.07) is 8.64. The highest BCUT2D eigenvalue weighted by molar-refractivity contribution is 5.74. The Hall–Kier alpha value is -1.35. The average Bonchev–Trinajstić information content (AvgIpc) is 2.56. The van der Waals surface area contributed by atoms with Gasteiger partial charge < -0.3 is 10.3 Å². The van der Waals surface area contributed by atoms with Crippen molar-refractivity contribution >= 4 is 11.0 Å². The largest absolute Gasteiger partial charge is 0.341 e. The maximum absolute atomic E-state index is 4.66. The lowest BCUT2D eigenvalue weighted by Gasteiger charge is -2.12. The number of aromatic nitrogens is 2. The molecule has 0 aliphatic carbocycles. The maximum atomic E-state index is 4.66. The zero-order valence-electron chi connectivity index (χ0n) is 9.37. The van der Waals surface area contributed by atoms with E-state index >= 15 is 0 Å². The molecule has 1 aromatic carbocycles. The van der Waals surface area contributed by atoms with Crippen molar-refractivity contribution in [1.82, 2.24) is 15.3 Å². The lowest BCUT2D eigenvalue weighted by molar-refractivity contribution is 0.513. The van der Waals surface area contributed by atoms with Crippen molar-refractivity contribution in [1.29, 1.82) is 0 Å². The minimum absolute atomic E-state index is 0.412. The van der Waals surface area contributed by atoms with Crippen LogP contribution in [0, 0.1) is 0 Å². The zero-order valence-corrected chi connectivity index (χ0v) is 9.37. The predicted octanol–water partition coefficient (Wildman–Crippen LogP) is 2.77. The predicted molar refractivity (Wildman–Crippen MR) is 65.3 cm³/mol. The molecule has 2 heterocycles. The van der Waals surface area contributed by atoms with Gasteiger partial charge in [0.25, 0.3) is 0 Å². The van der Waals surface area contributed by atoms with Crippen LogP contribution in [-0.4, -0.2) is 16.5 Å². The second-order valence-corrected chi connectivity index (χ2v) is 4.50. The number of aromatic amines is 1. The van der Waals surface area contributed by atoms with Gasteiger partial charge in [0.2, 0.25) is 0 Å². The summed E-state index contributed by atoms with van der Waals surface area (Å²) in [6.07, 6.45) is 5.12. The van der Waals surface area contributed by atoms with Crippen molar-refractivity contribution in [3.63, 3.8) is 0 Å². The molecule has 0 saturated carbocycles. The molecule has 3 rings (SSSR count). The van der Waals surface area contributed by atoms with Crippen LogP contribution in [0.4, 0.5) is 0 Å². The number of imidazole rings is 1. The minimum atomic E-state index is 0.412. The van der Waals surface area contributed by atoms with Crippen LogP contribution < -0.4 is 5.32 Å². The molecule has 0 bridgehead atoms. The van der Waals surface area contributed by atoms with Gasteiger partial charge in [0.05, 0.1) is 17.1 Å². The number of fused-ring (bicyclic) bond motifs is 1. The fourth-order valence-electron chi connectivity index (χ4n) is 2.40. The molecular weight excluding hydrogens is 198 g/mol. The first-order valence-electron chi connectivity index (χ1n) is 6.11. The molecule has 1 aliphatic heterocycles. The Labute approximate surface area is 95.3 Å². The van der Waals surface area contributed by atoms with Crippen LogP contribution in [0.25, 0.3) is 11.0 Å². The molecule has 0 spiro atoms. The molecule has 1 aliphatic rings. The van der Waals surface area contributed by atoms with Gasteiger partial charge in [0.1, 0.15) is 5.82 Å². The zero-order chi connectivity index (χ0) is 10.8. The second kappa shape index (κ2) is 4.26.